The molecule has 0 heterocycles. The number of benzene rings is 2. The molecule has 0 radical (unpaired) electrons. The number of rotatable bonds is 5. The lowest BCUT2D eigenvalue weighted by atomic mass is 10.1. The van der Waals surface area contributed by atoms with Gasteiger partial charge in [-0.2, -0.15) is 0 Å². The Kier molecular flexibility index (Phi) is 5.33. The minimum Gasteiger partial charge on any atom is -0.481 e. The molecule has 2 aromatic carbocycles. The fourth-order valence-corrected chi connectivity index (χ4v) is 1.94. The molecule has 0 aliphatic carbocycles. The molecule has 0 aromatic heterocycles. The first-order chi connectivity index (χ1) is 10.5. The predicted molar refractivity (Wildman–Crippen MR) is 86.9 cm³/mol. The summed E-state index contributed by atoms with van der Waals surface area (Å²) in [5.41, 5.74) is 2.17. The van der Waals surface area contributed by atoms with Gasteiger partial charge >= 0.3 is 5.97 Å². The summed E-state index contributed by atoms with van der Waals surface area (Å²) in [5, 5.41) is 12.0. The maximum Gasteiger partial charge on any atom is 0.307 e. The summed E-state index contributed by atoms with van der Waals surface area (Å²) in [7, 11) is 0. The summed E-state index contributed by atoms with van der Waals surface area (Å²) in [6.07, 6.45) is 3.07. The van der Waals surface area contributed by atoms with Gasteiger partial charge in [0.05, 0.1) is 6.42 Å². The van der Waals surface area contributed by atoms with Crippen molar-refractivity contribution in [3.8, 4) is 0 Å². The zero-order valence-electron chi connectivity index (χ0n) is 11.6. The zero-order valence-corrected chi connectivity index (χ0v) is 12.4. The van der Waals surface area contributed by atoms with Crippen LogP contribution in [0.1, 0.15) is 11.1 Å². The van der Waals surface area contributed by atoms with E-state index in [4.69, 9.17) is 16.7 Å². The molecule has 5 heteroatoms. The number of amides is 1. The van der Waals surface area contributed by atoms with Crippen LogP contribution in [0.3, 0.4) is 0 Å². The van der Waals surface area contributed by atoms with E-state index in [0.29, 0.717) is 16.3 Å². The highest BCUT2D eigenvalue weighted by Crippen LogP contribution is 2.12. The molecule has 2 N–H and O–H groups in total. The third-order valence-corrected chi connectivity index (χ3v) is 3.13. The van der Waals surface area contributed by atoms with Gasteiger partial charge in [0.25, 0.3) is 0 Å². The minimum absolute atomic E-state index is 0.0370. The van der Waals surface area contributed by atoms with E-state index in [-0.39, 0.29) is 12.3 Å². The van der Waals surface area contributed by atoms with Crippen molar-refractivity contribution in [2.75, 3.05) is 5.32 Å². The molecule has 2 rings (SSSR count). The maximum absolute atomic E-state index is 11.8. The second-order valence-corrected chi connectivity index (χ2v) is 5.08. The van der Waals surface area contributed by atoms with Gasteiger partial charge in [0.1, 0.15) is 0 Å². The smallest absolute Gasteiger partial charge is 0.307 e. The van der Waals surface area contributed by atoms with Crippen molar-refractivity contribution < 1.29 is 14.7 Å². The molecular formula is C17H14ClNO3. The average molecular weight is 316 g/mol. The Hall–Kier alpha value is -2.59. The number of hydrogen-bond donors (Lipinski definition) is 2. The first kappa shape index (κ1) is 15.8. The highest BCUT2D eigenvalue weighted by molar-refractivity contribution is 6.30. The van der Waals surface area contributed by atoms with E-state index in [0.717, 1.165) is 5.56 Å². The van der Waals surface area contributed by atoms with Crippen LogP contribution in [0, 0.1) is 0 Å². The summed E-state index contributed by atoms with van der Waals surface area (Å²) >= 11 is 5.79. The van der Waals surface area contributed by atoms with E-state index in [1.54, 1.807) is 42.5 Å². The van der Waals surface area contributed by atoms with Crippen LogP contribution in [0.25, 0.3) is 6.08 Å². The number of carbonyl (C=O) groups excluding carboxylic acids is 1. The second-order valence-electron chi connectivity index (χ2n) is 4.64. The van der Waals surface area contributed by atoms with Crippen LogP contribution in [0.15, 0.2) is 54.6 Å². The largest absolute Gasteiger partial charge is 0.481 e. The summed E-state index contributed by atoms with van der Waals surface area (Å²) in [6, 6.07) is 13.8. The summed E-state index contributed by atoms with van der Waals surface area (Å²) in [6.45, 7) is 0. The third-order valence-electron chi connectivity index (χ3n) is 2.87. The molecular weight excluding hydrogens is 302 g/mol. The number of hydrogen-bond acceptors (Lipinski definition) is 2. The van der Waals surface area contributed by atoms with Gasteiger partial charge in [-0.1, -0.05) is 35.9 Å². The Bertz CT molecular complexity index is 691. The van der Waals surface area contributed by atoms with E-state index in [9.17, 15) is 9.59 Å². The lowest BCUT2D eigenvalue weighted by Crippen LogP contribution is -2.08. The summed E-state index contributed by atoms with van der Waals surface area (Å²) in [5.74, 6) is -1.15. The van der Waals surface area contributed by atoms with Gasteiger partial charge in [-0.15, -0.1) is 0 Å². The van der Waals surface area contributed by atoms with Crippen molar-refractivity contribution in [2.24, 2.45) is 0 Å². The van der Waals surface area contributed by atoms with Gasteiger partial charge in [0.15, 0.2) is 0 Å². The molecule has 112 valence electrons. The molecule has 0 bridgehead atoms. The lowest BCUT2D eigenvalue weighted by Gasteiger charge is -2.03. The average Bonchev–Trinajstić information content (AvgIpc) is 2.48. The monoisotopic (exact) mass is 315 g/mol. The first-order valence-electron chi connectivity index (χ1n) is 6.58. The van der Waals surface area contributed by atoms with E-state index in [1.165, 1.54) is 6.08 Å². The highest BCUT2D eigenvalue weighted by atomic mass is 35.5. The molecule has 0 aliphatic rings. The first-order valence-corrected chi connectivity index (χ1v) is 6.96. The number of carboxylic acid groups (broad SMARTS) is 1. The molecule has 0 unspecified atom stereocenters. The standard InChI is InChI=1S/C17H14ClNO3/c18-14-6-1-12(2-7-14)5-10-16(20)19-15-8-3-13(4-9-15)11-17(21)22/h1-10H,11H2,(H,19,20)(H,21,22)/b10-5+. The van der Waals surface area contributed by atoms with Crippen LogP contribution >= 0.6 is 11.6 Å². The van der Waals surface area contributed by atoms with Crippen molar-refractivity contribution in [3.63, 3.8) is 0 Å². The van der Waals surface area contributed by atoms with Crippen LogP contribution in [0.4, 0.5) is 5.69 Å². The molecule has 0 saturated carbocycles. The van der Waals surface area contributed by atoms with Gasteiger partial charge < -0.3 is 10.4 Å². The van der Waals surface area contributed by atoms with E-state index < -0.39 is 5.97 Å². The molecule has 0 fully saturated rings. The van der Waals surface area contributed by atoms with Gasteiger partial charge in [0, 0.05) is 16.8 Å². The predicted octanol–water partition coefficient (Wildman–Crippen LogP) is 3.62. The van der Waals surface area contributed by atoms with Crippen molar-refractivity contribution in [2.45, 2.75) is 6.42 Å². The number of nitrogens with one attached hydrogen (secondary N) is 1. The van der Waals surface area contributed by atoms with E-state index in [2.05, 4.69) is 5.32 Å². The van der Waals surface area contributed by atoms with Crippen LogP contribution in [-0.4, -0.2) is 17.0 Å². The molecule has 4 nitrogen and oxygen atoms in total. The zero-order chi connectivity index (χ0) is 15.9. The van der Waals surface area contributed by atoms with Crippen molar-refractivity contribution >= 4 is 35.2 Å². The second kappa shape index (κ2) is 7.43. The molecule has 0 atom stereocenters. The Labute approximate surface area is 133 Å². The van der Waals surface area contributed by atoms with Crippen molar-refractivity contribution in [3.05, 3.63) is 70.8 Å². The summed E-state index contributed by atoms with van der Waals surface area (Å²) < 4.78 is 0. The van der Waals surface area contributed by atoms with Crippen LogP contribution in [0.2, 0.25) is 5.02 Å². The van der Waals surface area contributed by atoms with E-state index >= 15 is 0 Å². The molecule has 22 heavy (non-hydrogen) atoms. The van der Waals surface area contributed by atoms with Crippen LogP contribution in [-0.2, 0) is 16.0 Å². The Morgan fingerprint density at radius 1 is 1.05 bits per heavy atom. The lowest BCUT2D eigenvalue weighted by molar-refractivity contribution is -0.136. The van der Waals surface area contributed by atoms with Gasteiger partial charge in [-0.05, 0) is 41.5 Å². The number of halogens is 1. The van der Waals surface area contributed by atoms with Crippen molar-refractivity contribution in [1.29, 1.82) is 0 Å². The molecule has 0 spiro atoms. The van der Waals surface area contributed by atoms with Gasteiger partial charge in [0.2, 0.25) is 5.91 Å². The van der Waals surface area contributed by atoms with E-state index in [1.807, 2.05) is 12.1 Å². The molecule has 2 aromatic rings. The number of carbonyl (C=O) groups is 2. The third kappa shape index (κ3) is 5.07. The molecule has 0 aliphatic heterocycles. The van der Waals surface area contributed by atoms with Crippen LogP contribution < -0.4 is 5.32 Å². The fourth-order valence-electron chi connectivity index (χ4n) is 1.81. The van der Waals surface area contributed by atoms with Crippen molar-refractivity contribution in [1.82, 2.24) is 0 Å². The molecule has 0 saturated heterocycles. The Morgan fingerprint density at radius 3 is 2.27 bits per heavy atom. The number of anilines is 1. The molecule has 1 amide bonds. The Morgan fingerprint density at radius 2 is 1.68 bits per heavy atom. The van der Waals surface area contributed by atoms with Gasteiger partial charge in [-0.25, -0.2) is 0 Å². The quantitative estimate of drug-likeness (QED) is 0.828. The SMILES string of the molecule is O=C(O)Cc1ccc(NC(=O)/C=C/c2ccc(Cl)cc2)cc1. The minimum atomic E-state index is -0.886. The number of carboxylic acids is 1. The maximum atomic E-state index is 11.8. The number of aliphatic carboxylic acids is 1. The van der Waals surface area contributed by atoms with Crippen LogP contribution in [0.5, 0.6) is 0 Å². The summed E-state index contributed by atoms with van der Waals surface area (Å²) in [4.78, 5) is 22.4. The highest BCUT2D eigenvalue weighted by Gasteiger charge is 2.01. The fraction of sp³-hybridized carbons (Fsp3) is 0.0588. The topological polar surface area (TPSA) is 66.4 Å². The Balaban J connectivity index is 1.94. The van der Waals surface area contributed by atoms with Gasteiger partial charge in [-0.3, -0.25) is 9.59 Å². The normalized spacial score (nSPS) is 10.6.